The zero-order chi connectivity index (χ0) is 22.0. The van der Waals surface area contributed by atoms with Crippen molar-refractivity contribution in [1.82, 2.24) is 5.32 Å². The van der Waals surface area contributed by atoms with Gasteiger partial charge >= 0.3 is 0 Å². The standard InChI is InChI=1S/C25H27ClN2O3/c1-25(15-16-7-11-19(26)12-8-16)22(29)21(24(31)28-25)23(30)27-20-13-9-18(10-14-20)17-5-3-2-4-6-17/h7-14,17,21H,2-6,15H2,1H3,(H,27,30)(H,28,31). The summed E-state index contributed by atoms with van der Waals surface area (Å²) in [6, 6.07) is 14.9. The molecule has 5 nitrogen and oxygen atoms in total. The molecule has 162 valence electrons. The molecule has 1 aliphatic carbocycles. The summed E-state index contributed by atoms with van der Waals surface area (Å²) in [7, 11) is 0. The number of hydrogen-bond acceptors (Lipinski definition) is 3. The van der Waals surface area contributed by atoms with E-state index in [0.29, 0.717) is 23.0 Å². The second-order valence-corrected chi connectivity index (χ2v) is 9.30. The molecule has 2 aromatic rings. The van der Waals surface area contributed by atoms with Gasteiger partial charge in [0.15, 0.2) is 11.7 Å². The molecule has 1 heterocycles. The molecule has 2 fully saturated rings. The van der Waals surface area contributed by atoms with Gasteiger partial charge in [-0.3, -0.25) is 14.4 Å². The van der Waals surface area contributed by atoms with E-state index < -0.39 is 29.1 Å². The monoisotopic (exact) mass is 438 g/mol. The van der Waals surface area contributed by atoms with Crippen LogP contribution in [0.15, 0.2) is 48.5 Å². The Bertz CT molecular complexity index is 981. The number of ketones is 1. The lowest BCUT2D eigenvalue weighted by Crippen LogP contribution is -2.45. The minimum Gasteiger partial charge on any atom is -0.342 e. The fourth-order valence-corrected chi connectivity index (χ4v) is 4.84. The number of benzene rings is 2. The van der Waals surface area contributed by atoms with E-state index in [4.69, 9.17) is 11.6 Å². The van der Waals surface area contributed by atoms with E-state index in [2.05, 4.69) is 10.6 Å². The Hall–Kier alpha value is -2.66. The molecule has 1 aliphatic heterocycles. The molecule has 2 aromatic carbocycles. The lowest BCUT2D eigenvalue weighted by atomic mass is 9.84. The lowest BCUT2D eigenvalue weighted by Gasteiger charge is -2.22. The van der Waals surface area contributed by atoms with Crippen LogP contribution < -0.4 is 10.6 Å². The number of amides is 2. The fraction of sp³-hybridized carbons (Fsp3) is 0.400. The van der Waals surface area contributed by atoms with Gasteiger partial charge in [-0.1, -0.05) is 55.1 Å². The molecule has 1 saturated heterocycles. The predicted molar refractivity (Wildman–Crippen MR) is 121 cm³/mol. The van der Waals surface area contributed by atoms with Gasteiger partial charge in [0, 0.05) is 17.1 Å². The molecule has 2 N–H and O–H groups in total. The first kappa shape index (κ1) is 21.6. The van der Waals surface area contributed by atoms with Gasteiger partial charge in [-0.25, -0.2) is 0 Å². The molecular formula is C25H27ClN2O3. The SMILES string of the molecule is CC1(Cc2ccc(Cl)cc2)NC(=O)C(C(=O)Nc2ccc(C3CCCCC3)cc2)C1=O. The van der Waals surface area contributed by atoms with Gasteiger partial charge in [-0.05, 0) is 61.1 Å². The van der Waals surface area contributed by atoms with Gasteiger partial charge in [0.1, 0.15) is 5.54 Å². The van der Waals surface area contributed by atoms with Crippen molar-refractivity contribution >= 4 is 34.9 Å². The third-order valence-corrected chi connectivity index (χ3v) is 6.71. The first-order valence-corrected chi connectivity index (χ1v) is 11.3. The second kappa shape index (κ2) is 8.83. The van der Waals surface area contributed by atoms with E-state index in [1.165, 1.54) is 37.7 Å². The molecule has 6 heteroatoms. The Morgan fingerprint density at radius 2 is 1.68 bits per heavy atom. The average molecular weight is 439 g/mol. The molecule has 1 saturated carbocycles. The summed E-state index contributed by atoms with van der Waals surface area (Å²) >= 11 is 5.92. The van der Waals surface area contributed by atoms with Gasteiger partial charge < -0.3 is 10.6 Å². The van der Waals surface area contributed by atoms with E-state index in [-0.39, 0.29) is 0 Å². The molecule has 0 aromatic heterocycles. The van der Waals surface area contributed by atoms with Crippen LogP contribution in [0.1, 0.15) is 56.1 Å². The lowest BCUT2D eigenvalue weighted by molar-refractivity contribution is -0.135. The van der Waals surface area contributed by atoms with Crippen LogP contribution in [0.3, 0.4) is 0 Å². The molecule has 31 heavy (non-hydrogen) atoms. The van der Waals surface area contributed by atoms with Gasteiger partial charge in [-0.15, -0.1) is 0 Å². The van der Waals surface area contributed by atoms with E-state index >= 15 is 0 Å². The van der Waals surface area contributed by atoms with Crippen LogP contribution in [0, 0.1) is 5.92 Å². The van der Waals surface area contributed by atoms with Crippen LogP contribution in [-0.4, -0.2) is 23.1 Å². The quantitative estimate of drug-likeness (QED) is 0.667. The van der Waals surface area contributed by atoms with Gasteiger partial charge in [0.2, 0.25) is 11.8 Å². The first-order chi connectivity index (χ1) is 14.9. The smallest absolute Gasteiger partial charge is 0.244 e. The minimum absolute atomic E-state index is 0.300. The molecule has 2 amide bonds. The molecule has 2 aliphatic rings. The van der Waals surface area contributed by atoms with Crippen LogP contribution in [-0.2, 0) is 20.8 Å². The number of carbonyl (C=O) groups is 3. The topological polar surface area (TPSA) is 75.3 Å². The molecule has 0 bridgehead atoms. The molecule has 0 radical (unpaired) electrons. The highest BCUT2D eigenvalue weighted by atomic mass is 35.5. The summed E-state index contributed by atoms with van der Waals surface area (Å²) in [5.41, 5.74) is 1.61. The van der Waals surface area contributed by atoms with Crippen molar-refractivity contribution in [2.24, 2.45) is 5.92 Å². The number of anilines is 1. The Morgan fingerprint density at radius 1 is 1.03 bits per heavy atom. The highest BCUT2D eigenvalue weighted by Crippen LogP contribution is 2.33. The molecule has 0 spiro atoms. The highest BCUT2D eigenvalue weighted by molar-refractivity contribution is 6.30. The van der Waals surface area contributed by atoms with Crippen LogP contribution in [0.2, 0.25) is 5.02 Å². The number of carbonyl (C=O) groups excluding carboxylic acids is 3. The van der Waals surface area contributed by atoms with Crippen molar-refractivity contribution < 1.29 is 14.4 Å². The van der Waals surface area contributed by atoms with Gasteiger partial charge in [-0.2, -0.15) is 0 Å². The number of Topliss-reactive ketones (excluding diaryl/α,β-unsaturated/α-hetero) is 1. The zero-order valence-electron chi connectivity index (χ0n) is 17.6. The maximum Gasteiger partial charge on any atom is 0.244 e. The molecule has 2 atom stereocenters. The Balaban J connectivity index is 1.42. The van der Waals surface area contributed by atoms with E-state index in [1.807, 2.05) is 36.4 Å². The van der Waals surface area contributed by atoms with Crippen LogP contribution in [0.4, 0.5) is 5.69 Å². The van der Waals surface area contributed by atoms with Gasteiger partial charge in [0.25, 0.3) is 0 Å². The molecule has 4 rings (SSSR count). The van der Waals surface area contributed by atoms with E-state index in [1.54, 1.807) is 19.1 Å². The Kier molecular flexibility index (Phi) is 6.15. The van der Waals surface area contributed by atoms with Crippen molar-refractivity contribution in [2.45, 2.75) is 56.9 Å². The Morgan fingerprint density at radius 3 is 2.32 bits per heavy atom. The minimum atomic E-state index is -1.35. The maximum absolute atomic E-state index is 13.0. The number of halogens is 1. The van der Waals surface area contributed by atoms with Crippen LogP contribution >= 0.6 is 11.6 Å². The van der Waals surface area contributed by atoms with Crippen LogP contribution in [0.5, 0.6) is 0 Å². The molecular weight excluding hydrogens is 412 g/mol. The number of rotatable bonds is 5. The Labute approximate surface area is 187 Å². The third kappa shape index (κ3) is 4.67. The highest BCUT2D eigenvalue weighted by Gasteiger charge is 2.52. The summed E-state index contributed by atoms with van der Waals surface area (Å²) in [6.07, 6.45) is 6.53. The van der Waals surface area contributed by atoms with E-state index in [9.17, 15) is 14.4 Å². The number of hydrogen-bond donors (Lipinski definition) is 2. The van der Waals surface area contributed by atoms with E-state index in [0.717, 1.165) is 5.56 Å². The third-order valence-electron chi connectivity index (χ3n) is 6.46. The first-order valence-electron chi connectivity index (χ1n) is 10.9. The van der Waals surface area contributed by atoms with Crippen molar-refractivity contribution in [3.63, 3.8) is 0 Å². The summed E-state index contributed by atoms with van der Waals surface area (Å²) < 4.78 is 0. The second-order valence-electron chi connectivity index (χ2n) is 8.87. The average Bonchev–Trinajstić information content (AvgIpc) is 2.99. The van der Waals surface area contributed by atoms with Gasteiger partial charge in [0.05, 0.1) is 0 Å². The zero-order valence-corrected chi connectivity index (χ0v) is 18.4. The van der Waals surface area contributed by atoms with Crippen molar-refractivity contribution in [3.8, 4) is 0 Å². The summed E-state index contributed by atoms with van der Waals surface area (Å²) in [6.45, 7) is 1.66. The van der Waals surface area contributed by atoms with Crippen molar-refractivity contribution in [2.75, 3.05) is 5.32 Å². The normalized spacial score (nSPS) is 24.1. The number of nitrogens with one attached hydrogen (secondary N) is 2. The largest absolute Gasteiger partial charge is 0.342 e. The predicted octanol–water partition coefficient (Wildman–Crippen LogP) is 4.64. The maximum atomic E-state index is 13.0. The van der Waals surface area contributed by atoms with Crippen molar-refractivity contribution in [1.29, 1.82) is 0 Å². The summed E-state index contributed by atoms with van der Waals surface area (Å²) in [4.78, 5) is 38.4. The van der Waals surface area contributed by atoms with Crippen molar-refractivity contribution in [3.05, 3.63) is 64.7 Å². The molecule has 2 unspecified atom stereocenters. The van der Waals surface area contributed by atoms with Crippen LogP contribution in [0.25, 0.3) is 0 Å². The summed E-state index contributed by atoms with van der Waals surface area (Å²) in [5.74, 6) is -2.33. The summed E-state index contributed by atoms with van der Waals surface area (Å²) in [5, 5.41) is 6.08. The fourth-order valence-electron chi connectivity index (χ4n) is 4.71.